The molecule has 0 aromatic rings. The second-order valence-electron chi connectivity index (χ2n) is 1.50. The Morgan fingerprint density at radius 3 is 2.67 bits per heavy atom. The Kier molecular flexibility index (Phi) is 1.69. The van der Waals surface area contributed by atoms with E-state index in [1.807, 2.05) is 0 Å². The van der Waals surface area contributed by atoms with Crippen molar-refractivity contribution in [3.63, 3.8) is 0 Å². The van der Waals surface area contributed by atoms with E-state index in [1.54, 1.807) is 0 Å². The van der Waals surface area contributed by atoms with Crippen molar-refractivity contribution in [3.05, 3.63) is 10.4 Å². The third kappa shape index (κ3) is 1.60. The third-order valence-corrected chi connectivity index (χ3v) is 3.24. The van der Waals surface area contributed by atoms with Crippen LogP contribution in [0.15, 0.2) is 10.4 Å². The van der Waals surface area contributed by atoms with E-state index < -0.39 is 10.0 Å². The van der Waals surface area contributed by atoms with Gasteiger partial charge >= 0.3 is 0 Å². The lowest BCUT2D eigenvalue weighted by Crippen LogP contribution is -2.11. The van der Waals surface area contributed by atoms with E-state index in [2.05, 4.69) is 5.32 Å². The monoisotopic (exact) mass is 166 g/mol. The van der Waals surface area contributed by atoms with Gasteiger partial charge in [-0.3, -0.25) is 0 Å². The molecule has 6 heteroatoms. The SMILES string of the molecule is NS(=O)(=O)C1=CNCS1. The fourth-order valence-electron chi connectivity index (χ4n) is 0.444. The zero-order valence-electron chi connectivity index (χ0n) is 4.49. The number of thioether (sulfide) groups is 1. The number of nitrogens with two attached hydrogens (primary N) is 1. The molecule has 0 aliphatic carbocycles. The normalized spacial score (nSPS) is 19.0. The Bertz CT molecular complexity index is 230. The van der Waals surface area contributed by atoms with E-state index in [4.69, 9.17) is 5.14 Å². The van der Waals surface area contributed by atoms with Gasteiger partial charge in [0.15, 0.2) is 0 Å². The van der Waals surface area contributed by atoms with Crippen LogP contribution in [0.1, 0.15) is 0 Å². The molecule has 0 spiro atoms. The lowest BCUT2D eigenvalue weighted by molar-refractivity contribution is 0.605. The van der Waals surface area contributed by atoms with Crippen LogP contribution in [-0.4, -0.2) is 14.3 Å². The molecule has 0 radical (unpaired) electrons. The van der Waals surface area contributed by atoms with Gasteiger partial charge in [-0.1, -0.05) is 11.8 Å². The number of rotatable bonds is 1. The molecule has 1 aliphatic heterocycles. The van der Waals surface area contributed by atoms with Crippen LogP contribution in [0.5, 0.6) is 0 Å². The van der Waals surface area contributed by atoms with Crippen molar-refractivity contribution in [2.45, 2.75) is 0 Å². The van der Waals surface area contributed by atoms with E-state index in [-0.39, 0.29) is 4.24 Å². The Morgan fingerprint density at radius 1 is 1.78 bits per heavy atom. The fraction of sp³-hybridized carbons (Fsp3) is 0.333. The van der Waals surface area contributed by atoms with E-state index in [0.29, 0.717) is 5.88 Å². The Balaban J connectivity index is 2.87. The minimum atomic E-state index is -3.44. The molecule has 0 saturated carbocycles. The maximum Gasteiger partial charge on any atom is 0.245 e. The van der Waals surface area contributed by atoms with E-state index in [9.17, 15) is 8.42 Å². The van der Waals surface area contributed by atoms with Crippen LogP contribution in [0, 0.1) is 0 Å². The van der Waals surface area contributed by atoms with Crippen LogP contribution in [0.2, 0.25) is 0 Å². The van der Waals surface area contributed by atoms with Crippen LogP contribution in [0.4, 0.5) is 0 Å². The summed E-state index contributed by atoms with van der Waals surface area (Å²) in [6.07, 6.45) is 1.40. The molecule has 0 unspecified atom stereocenters. The first kappa shape index (κ1) is 6.91. The quantitative estimate of drug-likeness (QED) is 0.544. The molecule has 0 aromatic carbocycles. The standard InChI is InChI=1S/C3H6N2O2S2/c4-9(6,7)3-1-5-2-8-3/h1,5H,2H2,(H2,4,6,7). The van der Waals surface area contributed by atoms with Crippen molar-refractivity contribution in [2.75, 3.05) is 5.88 Å². The Hall–Kier alpha value is -0.200. The van der Waals surface area contributed by atoms with Crippen molar-refractivity contribution in [3.8, 4) is 0 Å². The van der Waals surface area contributed by atoms with Gasteiger partial charge in [0.05, 0.1) is 5.88 Å². The molecule has 1 aliphatic rings. The summed E-state index contributed by atoms with van der Waals surface area (Å²) in [5.41, 5.74) is 0. The van der Waals surface area contributed by atoms with Crippen molar-refractivity contribution in [1.82, 2.24) is 5.32 Å². The molecule has 0 amide bonds. The summed E-state index contributed by atoms with van der Waals surface area (Å²) in [7, 11) is -3.44. The highest BCUT2D eigenvalue weighted by Crippen LogP contribution is 2.21. The average molecular weight is 166 g/mol. The molecule has 0 bridgehead atoms. The number of sulfonamides is 1. The predicted octanol–water partition coefficient (Wildman–Crippen LogP) is -0.632. The van der Waals surface area contributed by atoms with Crippen LogP contribution < -0.4 is 10.5 Å². The molecule has 0 aromatic heterocycles. The van der Waals surface area contributed by atoms with Crippen LogP contribution in [0.3, 0.4) is 0 Å². The summed E-state index contributed by atoms with van der Waals surface area (Å²) in [5, 5.41) is 7.50. The molecule has 0 saturated heterocycles. The molecule has 1 heterocycles. The smallest absolute Gasteiger partial charge is 0.245 e. The highest BCUT2D eigenvalue weighted by Gasteiger charge is 2.15. The maximum atomic E-state index is 10.5. The third-order valence-electron chi connectivity index (χ3n) is 0.798. The zero-order valence-corrected chi connectivity index (χ0v) is 6.13. The largest absolute Gasteiger partial charge is 0.380 e. The van der Waals surface area contributed by atoms with Gasteiger partial charge in [-0.05, 0) is 0 Å². The summed E-state index contributed by atoms with van der Waals surface area (Å²) in [6, 6.07) is 0. The molecule has 9 heavy (non-hydrogen) atoms. The number of hydrogen-bond donors (Lipinski definition) is 2. The van der Waals surface area contributed by atoms with Gasteiger partial charge < -0.3 is 5.32 Å². The summed E-state index contributed by atoms with van der Waals surface area (Å²) < 4.78 is 21.2. The van der Waals surface area contributed by atoms with Crippen LogP contribution in [0.25, 0.3) is 0 Å². The Morgan fingerprint density at radius 2 is 2.44 bits per heavy atom. The summed E-state index contributed by atoms with van der Waals surface area (Å²) in [5.74, 6) is 0.589. The number of primary sulfonamides is 1. The zero-order chi connectivity index (χ0) is 6.91. The first-order chi connectivity index (χ1) is 4.11. The minimum Gasteiger partial charge on any atom is -0.380 e. The molecule has 1 rings (SSSR count). The van der Waals surface area contributed by atoms with Crippen molar-refractivity contribution < 1.29 is 8.42 Å². The van der Waals surface area contributed by atoms with Gasteiger partial charge in [0.25, 0.3) is 0 Å². The second-order valence-corrected chi connectivity index (χ2v) is 4.31. The highest BCUT2D eigenvalue weighted by atomic mass is 32.3. The average Bonchev–Trinajstić information content (AvgIpc) is 2.08. The second kappa shape index (κ2) is 2.20. The lowest BCUT2D eigenvalue weighted by atomic mass is 11.0. The van der Waals surface area contributed by atoms with Crippen LogP contribution >= 0.6 is 11.8 Å². The molecule has 0 atom stereocenters. The summed E-state index contributed by atoms with van der Waals surface area (Å²) in [4.78, 5) is 0. The minimum absolute atomic E-state index is 0.211. The molecule has 0 fully saturated rings. The van der Waals surface area contributed by atoms with Crippen molar-refractivity contribution >= 4 is 21.8 Å². The molecular formula is C3H6N2O2S2. The van der Waals surface area contributed by atoms with Gasteiger partial charge in [0, 0.05) is 6.20 Å². The van der Waals surface area contributed by atoms with Gasteiger partial charge in [0.1, 0.15) is 4.24 Å². The molecule has 3 N–H and O–H groups in total. The Labute approximate surface area is 57.5 Å². The van der Waals surface area contributed by atoms with Gasteiger partial charge in [0.2, 0.25) is 10.0 Å². The van der Waals surface area contributed by atoms with Crippen LogP contribution in [-0.2, 0) is 10.0 Å². The van der Waals surface area contributed by atoms with Gasteiger partial charge in [-0.25, -0.2) is 13.6 Å². The first-order valence-electron chi connectivity index (χ1n) is 2.20. The summed E-state index contributed by atoms with van der Waals surface area (Å²) in [6.45, 7) is 0. The predicted molar refractivity (Wildman–Crippen MR) is 36.8 cm³/mol. The van der Waals surface area contributed by atoms with Crippen molar-refractivity contribution in [2.24, 2.45) is 5.14 Å². The van der Waals surface area contributed by atoms with E-state index >= 15 is 0 Å². The molecule has 52 valence electrons. The number of nitrogens with one attached hydrogen (secondary N) is 1. The van der Waals surface area contributed by atoms with E-state index in [0.717, 1.165) is 0 Å². The van der Waals surface area contributed by atoms with E-state index in [1.165, 1.54) is 18.0 Å². The van der Waals surface area contributed by atoms with Gasteiger partial charge in [-0.15, -0.1) is 0 Å². The summed E-state index contributed by atoms with van der Waals surface area (Å²) >= 11 is 1.19. The fourth-order valence-corrected chi connectivity index (χ4v) is 2.00. The van der Waals surface area contributed by atoms with Crippen molar-refractivity contribution in [1.29, 1.82) is 0 Å². The maximum absolute atomic E-state index is 10.5. The molecule has 4 nitrogen and oxygen atoms in total. The lowest BCUT2D eigenvalue weighted by Gasteiger charge is -1.91. The highest BCUT2D eigenvalue weighted by molar-refractivity contribution is 8.18. The number of hydrogen-bond acceptors (Lipinski definition) is 4. The first-order valence-corrected chi connectivity index (χ1v) is 4.73. The van der Waals surface area contributed by atoms with Gasteiger partial charge in [-0.2, -0.15) is 0 Å². The topological polar surface area (TPSA) is 72.2 Å². The molecular weight excluding hydrogens is 160 g/mol.